The number of para-hydroxylation sites is 1. The smallest absolute Gasteiger partial charge is 0.122 e. The summed E-state index contributed by atoms with van der Waals surface area (Å²) in [6.45, 7) is 2.91. The van der Waals surface area contributed by atoms with Gasteiger partial charge in [-0.1, -0.05) is 34.1 Å². The molecule has 1 heterocycles. The number of nitrogens with one attached hydrogen (secondary N) is 1. The molecule has 1 N–H and O–H groups in total. The highest BCUT2D eigenvalue weighted by molar-refractivity contribution is 9.09. The molecule has 0 fully saturated rings. The Morgan fingerprint density at radius 2 is 2.27 bits per heavy atom. The maximum Gasteiger partial charge on any atom is 0.122 e. The van der Waals surface area contributed by atoms with E-state index in [9.17, 15) is 0 Å². The first-order valence-corrected chi connectivity index (χ1v) is 6.52. The lowest BCUT2D eigenvalue weighted by molar-refractivity contribution is 0.326. The Hall–Kier alpha value is -0.540. The minimum absolute atomic E-state index is 0.525. The maximum atomic E-state index is 5.62. The highest BCUT2D eigenvalue weighted by Crippen LogP contribution is 2.32. The van der Waals surface area contributed by atoms with Crippen molar-refractivity contribution in [1.82, 2.24) is 5.32 Å². The minimum Gasteiger partial charge on any atom is -0.493 e. The summed E-state index contributed by atoms with van der Waals surface area (Å²) in [7, 11) is 0. The number of benzene rings is 1. The number of alkyl halides is 1. The van der Waals surface area contributed by atoms with Crippen molar-refractivity contribution in [2.24, 2.45) is 0 Å². The highest BCUT2D eigenvalue weighted by Gasteiger charge is 2.22. The first kappa shape index (κ1) is 11.0. The Morgan fingerprint density at radius 3 is 3.13 bits per heavy atom. The summed E-state index contributed by atoms with van der Waals surface area (Å²) in [4.78, 5) is 0. The van der Waals surface area contributed by atoms with Crippen molar-refractivity contribution in [3.63, 3.8) is 0 Å². The number of hydrogen-bond donors (Lipinski definition) is 1. The molecule has 1 aromatic carbocycles. The molecule has 15 heavy (non-hydrogen) atoms. The van der Waals surface area contributed by atoms with Crippen molar-refractivity contribution in [1.29, 1.82) is 0 Å². The van der Waals surface area contributed by atoms with Gasteiger partial charge in [-0.25, -0.2) is 0 Å². The lowest BCUT2D eigenvalue weighted by Gasteiger charge is -2.09. The zero-order chi connectivity index (χ0) is 10.5. The molecule has 0 bridgehead atoms. The van der Waals surface area contributed by atoms with Gasteiger partial charge in [0.05, 0.1) is 6.61 Å². The Labute approximate surface area is 99.1 Å². The third-order valence-electron chi connectivity index (χ3n) is 2.68. The highest BCUT2D eigenvalue weighted by atomic mass is 79.9. The van der Waals surface area contributed by atoms with E-state index < -0.39 is 0 Å². The average Bonchev–Trinajstić information content (AvgIpc) is 2.68. The Kier molecular flexibility index (Phi) is 4.03. The van der Waals surface area contributed by atoms with Crippen LogP contribution in [0.15, 0.2) is 24.3 Å². The zero-order valence-electron chi connectivity index (χ0n) is 8.71. The first-order valence-electron chi connectivity index (χ1n) is 5.40. The number of rotatable bonds is 5. The molecule has 0 saturated heterocycles. The average molecular weight is 270 g/mol. The molecule has 82 valence electrons. The fourth-order valence-corrected chi connectivity index (χ4v) is 2.15. The zero-order valence-corrected chi connectivity index (χ0v) is 10.3. The predicted molar refractivity (Wildman–Crippen MR) is 66.0 cm³/mol. The molecular weight excluding hydrogens is 254 g/mol. The van der Waals surface area contributed by atoms with Crippen LogP contribution < -0.4 is 10.1 Å². The van der Waals surface area contributed by atoms with Crippen molar-refractivity contribution in [3.8, 4) is 5.75 Å². The van der Waals surface area contributed by atoms with Crippen LogP contribution in [0.25, 0.3) is 0 Å². The van der Waals surface area contributed by atoms with E-state index in [1.807, 2.05) is 12.1 Å². The van der Waals surface area contributed by atoms with E-state index >= 15 is 0 Å². The molecule has 1 unspecified atom stereocenters. The Morgan fingerprint density at radius 1 is 1.40 bits per heavy atom. The normalized spacial score (nSPS) is 18.6. The van der Waals surface area contributed by atoms with Gasteiger partial charge in [0.25, 0.3) is 0 Å². The third kappa shape index (κ3) is 2.73. The summed E-state index contributed by atoms with van der Waals surface area (Å²) in [6.07, 6.45) is 1.18. The van der Waals surface area contributed by atoms with Gasteiger partial charge >= 0.3 is 0 Å². The molecule has 1 aliphatic rings. The summed E-state index contributed by atoms with van der Waals surface area (Å²) in [6, 6.07) is 8.32. The van der Waals surface area contributed by atoms with Gasteiger partial charge < -0.3 is 10.1 Å². The fourth-order valence-electron chi connectivity index (χ4n) is 1.87. The standard InChI is InChI=1S/C12H16BrNO/c13-6-3-7-14-8-10-9-15-12-5-2-1-4-11(10)12/h1-2,4-5,10,14H,3,6-9H2. The van der Waals surface area contributed by atoms with Gasteiger partial charge in [0.1, 0.15) is 5.75 Å². The van der Waals surface area contributed by atoms with Gasteiger partial charge in [0, 0.05) is 23.4 Å². The number of ether oxygens (including phenoxy) is 1. The predicted octanol–water partition coefficient (Wildman–Crippen LogP) is 2.54. The van der Waals surface area contributed by atoms with Crippen LogP contribution >= 0.6 is 15.9 Å². The van der Waals surface area contributed by atoms with Gasteiger partial charge in [0.15, 0.2) is 0 Å². The van der Waals surface area contributed by atoms with E-state index in [0.29, 0.717) is 5.92 Å². The largest absolute Gasteiger partial charge is 0.493 e. The molecule has 3 heteroatoms. The second-order valence-electron chi connectivity index (χ2n) is 3.79. The molecule has 0 spiro atoms. The van der Waals surface area contributed by atoms with Gasteiger partial charge in [-0.15, -0.1) is 0 Å². The molecular formula is C12H16BrNO. The molecule has 0 aliphatic carbocycles. The lowest BCUT2D eigenvalue weighted by Crippen LogP contribution is -2.23. The molecule has 1 atom stereocenters. The monoisotopic (exact) mass is 269 g/mol. The summed E-state index contributed by atoms with van der Waals surface area (Å²) in [5.74, 6) is 1.58. The van der Waals surface area contributed by atoms with Crippen LogP contribution in [0.4, 0.5) is 0 Å². The number of hydrogen-bond acceptors (Lipinski definition) is 2. The SMILES string of the molecule is BrCCCNCC1COc2ccccc21. The molecule has 0 amide bonds. The summed E-state index contributed by atoms with van der Waals surface area (Å²) >= 11 is 3.42. The van der Waals surface area contributed by atoms with Gasteiger partial charge in [-0.05, 0) is 19.0 Å². The van der Waals surface area contributed by atoms with Gasteiger partial charge in [-0.3, -0.25) is 0 Å². The van der Waals surface area contributed by atoms with Crippen molar-refractivity contribution in [2.45, 2.75) is 12.3 Å². The molecule has 0 radical (unpaired) electrons. The quantitative estimate of drug-likeness (QED) is 0.655. The van der Waals surface area contributed by atoms with E-state index in [-0.39, 0.29) is 0 Å². The van der Waals surface area contributed by atoms with E-state index in [4.69, 9.17) is 4.74 Å². The molecule has 0 saturated carbocycles. The van der Waals surface area contributed by atoms with Gasteiger partial charge in [0.2, 0.25) is 0 Å². The van der Waals surface area contributed by atoms with Crippen molar-refractivity contribution in [2.75, 3.05) is 25.0 Å². The topological polar surface area (TPSA) is 21.3 Å². The molecule has 2 rings (SSSR count). The van der Waals surface area contributed by atoms with E-state index in [0.717, 1.165) is 30.8 Å². The minimum atomic E-state index is 0.525. The first-order chi connectivity index (χ1) is 7.42. The molecule has 0 aromatic heterocycles. The summed E-state index contributed by atoms with van der Waals surface area (Å²) in [5, 5.41) is 4.53. The summed E-state index contributed by atoms with van der Waals surface area (Å²) in [5.41, 5.74) is 1.35. The van der Waals surface area contributed by atoms with Crippen molar-refractivity contribution in [3.05, 3.63) is 29.8 Å². The number of fused-ring (bicyclic) bond motifs is 1. The van der Waals surface area contributed by atoms with Crippen LogP contribution in [0.2, 0.25) is 0 Å². The van der Waals surface area contributed by atoms with Gasteiger partial charge in [-0.2, -0.15) is 0 Å². The number of halogens is 1. The maximum absolute atomic E-state index is 5.62. The van der Waals surface area contributed by atoms with Crippen LogP contribution in [-0.4, -0.2) is 25.0 Å². The van der Waals surface area contributed by atoms with Crippen LogP contribution in [0.1, 0.15) is 17.9 Å². The third-order valence-corrected chi connectivity index (χ3v) is 3.24. The molecule has 2 nitrogen and oxygen atoms in total. The Bertz CT molecular complexity index is 316. The molecule has 1 aromatic rings. The van der Waals surface area contributed by atoms with Crippen LogP contribution in [0.3, 0.4) is 0 Å². The molecule has 1 aliphatic heterocycles. The Balaban J connectivity index is 1.85. The van der Waals surface area contributed by atoms with Crippen LogP contribution in [0.5, 0.6) is 5.75 Å². The van der Waals surface area contributed by atoms with Crippen molar-refractivity contribution < 1.29 is 4.74 Å². The van der Waals surface area contributed by atoms with E-state index in [2.05, 4.69) is 33.4 Å². The van der Waals surface area contributed by atoms with E-state index in [1.165, 1.54) is 12.0 Å². The van der Waals surface area contributed by atoms with Crippen LogP contribution in [-0.2, 0) is 0 Å². The van der Waals surface area contributed by atoms with Crippen LogP contribution in [0, 0.1) is 0 Å². The second-order valence-corrected chi connectivity index (χ2v) is 4.59. The second kappa shape index (κ2) is 5.52. The fraction of sp³-hybridized carbons (Fsp3) is 0.500. The lowest BCUT2D eigenvalue weighted by atomic mass is 10.0. The summed E-state index contributed by atoms with van der Waals surface area (Å²) < 4.78 is 5.62. The van der Waals surface area contributed by atoms with Crippen molar-refractivity contribution >= 4 is 15.9 Å². The van der Waals surface area contributed by atoms with E-state index in [1.54, 1.807) is 0 Å².